The van der Waals surface area contributed by atoms with Gasteiger partial charge in [0.2, 0.25) is 0 Å². The lowest BCUT2D eigenvalue weighted by Gasteiger charge is -2.08. The van der Waals surface area contributed by atoms with Gasteiger partial charge in [-0.3, -0.25) is 25.1 Å². The summed E-state index contributed by atoms with van der Waals surface area (Å²) in [6.07, 6.45) is 0. The number of amides is 2. The van der Waals surface area contributed by atoms with Gasteiger partial charge < -0.3 is 5.11 Å². The highest BCUT2D eigenvalue weighted by Gasteiger charge is 2.19. The van der Waals surface area contributed by atoms with Crippen LogP contribution in [0, 0.1) is 13.8 Å². The zero-order chi connectivity index (χ0) is 19.4. The fraction of sp³-hybridized carbons (Fsp3) is 0.150. The van der Waals surface area contributed by atoms with Gasteiger partial charge in [-0.25, -0.2) is 0 Å². The average Bonchev–Trinajstić information content (AvgIpc) is 2.94. The number of phenols is 1. The number of aromatic nitrogens is 2. The van der Waals surface area contributed by atoms with Gasteiger partial charge in [0.1, 0.15) is 5.75 Å². The summed E-state index contributed by atoms with van der Waals surface area (Å²) in [5, 5.41) is 13.7. The lowest BCUT2D eigenvalue weighted by Crippen LogP contribution is -2.42. The number of rotatable bonds is 4. The number of hydrogen-bond donors (Lipinski definition) is 3. The molecule has 1 heterocycles. The summed E-state index contributed by atoms with van der Waals surface area (Å²) < 4.78 is 1.77. The zero-order valence-corrected chi connectivity index (χ0v) is 15.1. The number of carbonyl (C=O) groups is 2. The first-order valence-electron chi connectivity index (χ1n) is 8.43. The molecule has 2 aromatic carbocycles. The molecule has 3 aromatic rings. The summed E-state index contributed by atoms with van der Waals surface area (Å²) in [6.45, 7) is 4.13. The third-order valence-corrected chi connectivity index (χ3v) is 4.20. The van der Waals surface area contributed by atoms with Crippen LogP contribution in [-0.4, -0.2) is 26.7 Å². The van der Waals surface area contributed by atoms with Crippen molar-refractivity contribution in [2.24, 2.45) is 0 Å². The van der Waals surface area contributed by atoms with E-state index in [9.17, 15) is 14.7 Å². The van der Waals surface area contributed by atoms with Crippen LogP contribution in [0.15, 0.2) is 54.6 Å². The first-order valence-corrected chi connectivity index (χ1v) is 8.43. The van der Waals surface area contributed by atoms with Crippen LogP contribution in [0.1, 0.15) is 37.7 Å². The molecule has 0 spiro atoms. The highest BCUT2D eigenvalue weighted by atomic mass is 16.3. The van der Waals surface area contributed by atoms with Gasteiger partial charge in [-0.1, -0.05) is 30.3 Å². The molecule has 0 aliphatic rings. The van der Waals surface area contributed by atoms with Crippen LogP contribution in [0.3, 0.4) is 0 Å². The largest absolute Gasteiger partial charge is 0.508 e. The smallest absolute Gasteiger partial charge is 0.273 e. The molecule has 7 nitrogen and oxygen atoms in total. The lowest BCUT2D eigenvalue weighted by atomic mass is 10.2. The molecule has 0 radical (unpaired) electrons. The zero-order valence-electron chi connectivity index (χ0n) is 15.1. The third-order valence-electron chi connectivity index (χ3n) is 4.20. The number of aromatic hydroxyl groups is 1. The fourth-order valence-electron chi connectivity index (χ4n) is 2.80. The minimum absolute atomic E-state index is 0.0627. The summed E-state index contributed by atoms with van der Waals surface area (Å²) in [4.78, 5) is 24.6. The number of nitrogens with zero attached hydrogens (tertiary/aromatic N) is 2. The van der Waals surface area contributed by atoms with E-state index in [1.165, 1.54) is 24.3 Å². The predicted octanol–water partition coefficient (Wildman–Crippen LogP) is 2.33. The van der Waals surface area contributed by atoms with Gasteiger partial charge in [-0.05, 0) is 43.7 Å². The fourth-order valence-corrected chi connectivity index (χ4v) is 2.80. The summed E-state index contributed by atoms with van der Waals surface area (Å²) in [7, 11) is 0. The monoisotopic (exact) mass is 364 g/mol. The molecule has 3 rings (SSSR count). The van der Waals surface area contributed by atoms with Gasteiger partial charge >= 0.3 is 0 Å². The van der Waals surface area contributed by atoms with Gasteiger partial charge in [0.15, 0.2) is 0 Å². The Morgan fingerprint density at radius 1 is 0.963 bits per heavy atom. The van der Waals surface area contributed by atoms with Gasteiger partial charge in [0.05, 0.1) is 17.8 Å². The van der Waals surface area contributed by atoms with E-state index >= 15 is 0 Å². The Balaban J connectivity index is 1.69. The molecule has 0 atom stereocenters. The Kier molecular flexibility index (Phi) is 5.21. The number of hydrazine groups is 1. The van der Waals surface area contributed by atoms with E-state index in [0.29, 0.717) is 29.1 Å². The minimum atomic E-state index is -0.477. The van der Waals surface area contributed by atoms with Crippen molar-refractivity contribution in [1.29, 1.82) is 0 Å². The van der Waals surface area contributed by atoms with Crippen LogP contribution in [-0.2, 0) is 6.54 Å². The Bertz CT molecular complexity index is 963. The number of hydrogen-bond acceptors (Lipinski definition) is 4. The molecule has 0 aliphatic carbocycles. The molecule has 3 N–H and O–H groups in total. The summed E-state index contributed by atoms with van der Waals surface area (Å²) in [5.41, 5.74) is 7.92. The SMILES string of the molecule is Cc1nn(Cc2ccccc2)c(C)c1C(=O)NNC(=O)c1ccc(O)cc1. The highest BCUT2D eigenvalue weighted by Crippen LogP contribution is 2.15. The quantitative estimate of drug-likeness (QED) is 0.619. The number of nitrogens with one attached hydrogen (secondary N) is 2. The Morgan fingerprint density at radius 3 is 2.26 bits per heavy atom. The van der Waals surface area contributed by atoms with Crippen LogP contribution < -0.4 is 10.9 Å². The molecule has 0 fully saturated rings. The highest BCUT2D eigenvalue weighted by molar-refractivity contribution is 6.00. The molecule has 0 aliphatic heterocycles. The number of phenolic OH excluding ortho intramolecular Hbond substituents is 1. The lowest BCUT2D eigenvalue weighted by molar-refractivity contribution is 0.0846. The first kappa shape index (κ1) is 18.2. The van der Waals surface area contributed by atoms with E-state index in [1.54, 1.807) is 11.6 Å². The van der Waals surface area contributed by atoms with Crippen molar-refractivity contribution >= 4 is 11.8 Å². The van der Waals surface area contributed by atoms with Gasteiger partial charge in [-0.15, -0.1) is 0 Å². The van der Waals surface area contributed by atoms with Crippen molar-refractivity contribution in [1.82, 2.24) is 20.6 Å². The maximum atomic E-state index is 12.5. The van der Waals surface area contributed by atoms with Crippen LogP contribution in [0.25, 0.3) is 0 Å². The van der Waals surface area contributed by atoms with Crippen LogP contribution in [0.4, 0.5) is 0 Å². The van der Waals surface area contributed by atoms with E-state index in [2.05, 4.69) is 16.0 Å². The molecule has 27 heavy (non-hydrogen) atoms. The molecule has 0 saturated heterocycles. The number of carbonyl (C=O) groups excluding carboxylic acids is 2. The van der Waals surface area contributed by atoms with Gasteiger partial charge in [-0.2, -0.15) is 5.10 Å². The Morgan fingerprint density at radius 2 is 1.59 bits per heavy atom. The standard InChI is InChI=1S/C20H20N4O3/c1-13-18(14(2)24(23-13)12-15-6-4-3-5-7-15)20(27)22-21-19(26)16-8-10-17(25)11-9-16/h3-11,25H,12H2,1-2H3,(H,21,26)(H,22,27). The maximum Gasteiger partial charge on any atom is 0.273 e. The first-order chi connectivity index (χ1) is 13.0. The molecule has 1 aromatic heterocycles. The average molecular weight is 364 g/mol. The van der Waals surface area contributed by atoms with Gasteiger partial charge in [0, 0.05) is 11.3 Å². The van der Waals surface area contributed by atoms with Crippen molar-refractivity contribution in [3.63, 3.8) is 0 Å². The summed E-state index contributed by atoms with van der Waals surface area (Å²) >= 11 is 0. The molecular formula is C20H20N4O3. The van der Waals surface area contributed by atoms with Crippen molar-refractivity contribution < 1.29 is 14.7 Å². The van der Waals surface area contributed by atoms with Crippen LogP contribution >= 0.6 is 0 Å². The summed E-state index contributed by atoms with van der Waals surface area (Å²) in [6, 6.07) is 15.6. The second-order valence-electron chi connectivity index (χ2n) is 6.14. The van der Waals surface area contributed by atoms with Gasteiger partial charge in [0.25, 0.3) is 11.8 Å². The molecule has 7 heteroatoms. The van der Waals surface area contributed by atoms with E-state index in [4.69, 9.17) is 0 Å². The van der Waals surface area contributed by atoms with Crippen LogP contribution in [0.5, 0.6) is 5.75 Å². The third kappa shape index (κ3) is 4.14. The second kappa shape index (κ2) is 7.74. The molecule has 0 saturated carbocycles. The Hall–Kier alpha value is -3.61. The minimum Gasteiger partial charge on any atom is -0.508 e. The topological polar surface area (TPSA) is 96.3 Å². The molecular weight excluding hydrogens is 344 g/mol. The number of benzene rings is 2. The normalized spacial score (nSPS) is 10.4. The maximum absolute atomic E-state index is 12.5. The van der Waals surface area contributed by atoms with E-state index in [-0.39, 0.29) is 5.75 Å². The molecule has 0 unspecified atom stereocenters. The molecule has 2 amide bonds. The van der Waals surface area contributed by atoms with E-state index in [1.807, 2.05) is 37.3 Å². The number of aryl methyl sites for hydroxylation is 1. The molecule has 0 bridgehead atoms. The van der Waals surface area contributed by atoms with Crippen molar-refractivity contribution in [3.8, 4) is 5.75 Å². The van der Waals surface area contributed by atoms with Crippen molar-refractivity contribution in [2.75, 3.05) is 0 Å². The van der Waals surface area contributed by atoms with E-state index in [0.717, 1.165) is 5.56 Å². The van der Waals surface area contributed by atoms with Crippen molar-refractivity contribution in [2.45, 2.75) is 20.4 Å². The van der Waals surface area contributed by atoms with Crippen molar-refractivity contribution in [3.05, 3.63) is 82.7 Å². The molecule has 138 valence electrons. The second-order valence-corrected chi connectivity index (χ2v) is 6.14. The summed E-state index contributed by atoms with van der Waals surface area (Å²) in [5.74, 6) is -0.848. The Labute approximate surface area is 156 Å². The predicted molar refractivity (Wildman–Crippen MR) is 100 cm³/mol. The van der Waals surface area contributed by atoms with E-state index < -0.39 is 11.8 Å². The van der Waals surface area contributed by atoms with Crippen LogP contribution in [0.2, 0.25) is 0 Å².